The lowest BCUT2D eigenvalue weighted by molar-refractivity contribution is -0.119. The number of carbonyl (C=O) groups excluding carboxylic acids is 1. The van der Waals surface area contributed by atoms with Crippen LogP contribution in [0.5, 0.6) is 0 Å². The van der Waals surface area contributed by atoms with Crippen LogP contribution in [0.3, 0.4) is 0 Å². The second-order valence-corrected chi connectivity index (χ2v) is 6.70. The number of hydrogen-bond donors (Lipinski definition) is 0. The van der Waals surface area contributed by atoms with Crippen molar-refractivity contribution in [3.63, 3.8) is 0 Å². The molecule has 0 aliphatic rings. The average Bonchev–Trinajstić information content (AvgIpc) is 3.20. The summed E-state index contributed by atoms with van der Waals surface area (Å²) < 4.78 is 5.87. The SMILES string of the molecule is CC(=O)[C@@H](C)n1c(-c2ccccc2)cn2c3c(=O)n(C)c(=O)n(C)c3nc12. The maximum atomic E-state index is 12.7. The normalized spacial score (nSPS) is 12.7. The standard InChI is InChI=1S/C19H19N5O3/c1-11(12(2)25)24-14(13-8-6-5-7-9-13)10-23-15-16(20-18(23)24)21(3)19(27)22(4)17(15)26/h5-11H,1-4H3/t11-/m1/s1. The van der Waals surface area contributed by atoms with Crippen LogP contribution in [-0.2, 0) is 18.9 Å². The Balaban J connectivity index is 2.21. The van der Waals surface area contributed by atoms with E-state index in [-0.39, 0.29) is 5.78 Å². The minimum atomic E-state index is -0.476. The number of ketones is 1. The molecule has 8 nitrogen and oxygen atoms in total. The molecule has 0 amide bonds. The molecule has 4 rings (SSSR count). The third-order valence-electron chi connectivity index (χ3n) is 5.04. The van der Waals surface area contributed by atoms with Crippen LogP contribution >= 0.6 is 0 Å². The summed E-state index contributed by atoms with van der Waals surface area (Å²) in [6.45, 7) is 3.32. The molecule has 0 saturated carbocycles. The average molecular weight is 365 g/mol. The fraction of sp³-hybridized carbons (Fsp3) is 0.263. The Morgan fingerprint density at radius 2 is 1.74 bits per heavy atom. The Kier molecular flexibility index (Phi) is 3.66. The van der Waals surface area contributed by atoms with Crippen LogP contribution in [-0.4, -0.2) is 28.9 Å². The number of rotatable bonds is 3. The van der Waals surface area contributed by atoms with Crippen LogP contribution in [0, 0.1) is 0 Å². The highest BCUT2D eigenvalue weighted by Crippen LogP contribution is 2.28. The molecule has 3 aromatic heterocycles. The van der Waals surface area contributed by atoms with E-state index >= 15 is 0 Å². The van der Waals surface area contributed by atoms with Gasteiger partial charge >= 0.3 is 5.69 Å². The highest BCUT2D eigenvalue weighted by atomic mass is 16.2. The minimum absolute atomic E-state index is 0.0286. The minimum Gasteiger partial charge on any atom is -0.299 e. The first-order valence-corrected chi connectivity index (χ1v) is 8.57. The lowest BCUT2D eigenvalue weighted by Gasteiger charge is -2.14. The summed E-state index contributed by atoms with van der Waals surface area (Å²) >= 11 is 0. The van der Waals surface area contributed by atoms with Crippen molar-refractivity contribution in [1.29, 1.82) is 0 Å². The van der Waals surface area contributed by atoms with Gasteiger partial charge in [0.25, 0.3) is 5.56 Å². The molecule has 0 saturated heterocycles. The third-order valence-corrected chi connectivity index (χ3v) is 5.04. The van der Waals surface area contributed by atoms with Gasteiger partial charge in [-0.05, 0) is 19.4 Å². The number of aromatic nitrogens is 5. The van der Waals surface area contributed by atoms with E-state index in [1.165, 1.54) is 18.5 Å². The van der Waals surface area contributed by atoms with E-state index < -0.39 is 17.3 Å². The summed E-state index contributed by atoms with van der Waals surface area (Å²) in [6, 6.07) is 9.14. The van der Waals surface area contributed by atoms with Crippen molar-refractivity contribution in [2.75, 3.05) is 0 Å². The molecular formula is C19H19N5O3. The monoisotopic (exact) mass is 365 g/mol. The van der Waals surface area contributed by atoms with Crippen molar-refractivity contribution in [2.24, 2.45) is 14.1 Å². The van der Waals surface area contributed by atoms with Crippen molar-refractivity contribution in [2.45, 2.75) is 19.9 Å². The zero-order valence-corrected chi connectivity index (χ0v) is 15.5. The smallest absolute Gasteiger partial charge is 0.299 e. The lowest BCUT2D eigenvalue weighted by Crippen LogP contribution is -2.37. The third kappa shape index (κ3) is 2.29. The van der Waals surface area contributed by atoms with E-state index in [0.29, 0.717) is 16.9 Å². The summed E-state index contributed by atoms with van der Waals surface area (Å²) in [6.07, 6.45) is 1.80. The Morgan fingerprint density at radius 3 is 2.37 bits per heavy atom. The van der Waals surface area contributed by atoms with Crippen molar-refractivity contribution in [1.82, 2.24) is 23.1 Å². The number of imidazole rings is 2. The van der Waals surface area contributed by atoms with E-state index in [1.807, 2.05) is 34.9 Å². The van der Waals surface area contributed by atoms with Gasteiger partial charge in [0.05, 0.1) is 11.7 Å². The fourth-order valence-electron chi connectivity index (χ4n) is 3.37. The van der Waals surface area contributed by atoms with E-state index in [4.69, 9.17) is 0 Å². The summed E-state index contributed by atoms with van der Waals surface area (Å²) in [5.74, 6) is 0.420. The van der Waals surface area contributed by atoms with E-state index in [1.54, 1.807) is 24.6 Å². The number of carbonyl (C=O) groups is 1. The molecule has 0 radical (unpaired) electrons. The van der Waals surface area contributed by atoms with Crippen molar-refractivity contribution >= 4 is 22.7 Å². The van der Waals surface area contributed by atoms with Crippen LogP contribution in [0.15, 0.2) is 46.1 Å². The van der Waals surface area contributed by atoms with Crippen LogP contribution in [0.2, 0.25) is 0 Å². The summed E-state index contributed by atoms with van der Waals surface area (Å²) in [5, 5.41) is 0. The van der Waals surface area contributed by atoms with Crippen LogP contribution in [0.4, 0.5) is 0 Å². The predicted octanol–water partition coefficient (Wildman–Crippen LogP) is 1.50. The maximum absolute atomic E-state index is 12.7. The summed E-state index contributed by atoms with van der Waals surface area (Å²) in [4.78, 5) is 41.7. The van der Waals surface area contributed by atoms with Crippen LogP contribution in [0.25, 0.3) is 28.2 Å². The molecule has 0 fully saturated rings. The number of nitrogens with zero attached hydrogens (tertiary/aromatic N) is 5. The predicted molar refractivity (Wildman–Crippen MR) is 102 cm³/mol. The van der Waals surface area contributed by atoms with E-state index in [2.05, 4.69) is 4.98 Å². The summed E-state index contributed by atoms with van der Waals surface area (Å²) in [7, 11) is 3.02. The molecular weight excluding hydrogens is 346 g/mol. The molecule has 1 aromatic carbocycles. The van der Waals surface area contributed by atoms with Crippen LogP contribution in [0.1, 0.15) is 19.9 Å². The quantitative estimate of drug-likeness (QED) is 0.551. The van der Waals surface area contributed by atoms with Gasteiger partial charge in [-0.1, -0.05) is 30.3 Å². The van der Waals surface area contributed by atoms with Gasteiger partial charge in [-0.25, -0.2) is 4.79 Å². The molecule has 8 heteroatoms. The topological polar surface area (TPSA) is 83.3 Å². The molecule has 0 spiro atoms. The largest absolute Gasteiger partial charge is 0.332 e. The number of Topliss-reactive ketones (excluding diaryl/α,β-unsaturated/α-hetero) is 1. The molecule has 0 N–H and O–H groups in total. The molecule has 0 bridgehead atoms. The van der Waals surface area contributed by atoms with E-state index in [9.17, 15) is 14.4 Å². The molecule has 1 atom stereocenters. The van der Waals surface area contributed by atoms with Gasteiger partial charge in [-0.15, -0.1) is 0 Å². The highest BCUT2D eigenvalue weighted by molar-refractivity contribution is 5.83. The second kappa shape index (κ2) is 5.80. The van der Waals surface area contributed by atoms with Crippen molar-refractivity contribution in [3.8, 4) is 11.3 Å². The maximum Gasteiger partial charge on any atom is 0.332 e. The molecule has 4 aromatic rings. The Hall–Kier alpha value is -3.42. The van der Waals surface area contributed by atoms with Crippen LogP contribution < -0.4 is 11.2 Å². The summed E-state index contributed by atoms with van der Waals surface area (Å²) in [5.41, 5.74) is 1.42. The number of aryl methyl sites for hydroxylation is 1. The molecule has 3 heterocycles. The first-order valence-electron chi connectivity index (χ1n) is 8.57. The number of fused-ring (bicyclic) bond motifs is 3. The highest BCUT2D eigenvalue weighted by Gasteiger charge is 2.24. The Bertz CT molecular complexity index is 1320. The number of benzene rings is 1. The van der Waals surface area contributed by atoms with Crippen molar-refractivity contribution in [3.05, 3.63) is 57.4 Å². The van der Waals surface area contributed by atoms with Gasteiger partial charge in [0.1, 0.15) is 0 Å². The first kappa shape index (κ1) is 17.0. The lowest BCUT2D eigenvalue weighted by atomic mass is 10.1. The molecule has 138 valence electrons. The van der Waals surface area contributed by atoms with E-state index in [0.717, 1.165) is 15.8 Å². The molecule has 0 aliphatic carbocycles. The fourth-order valence-corrected chi connectivity index (χ4v) is 3.37. The zero-order chi connectivity index (χ0) is 19.5. The Labute approximate surface area is 153 Å². The van der Waals surface area contributed by atoms with Gasteiger partial charge < -0.3 is 0 Å². The molecule has 0 unspecified atom stereocenters. The van der Waals surface area contributed by atoms with Gasteiger partial charge in [-0.3, -0.25) is 27.7 Å². The van der Waals surface area contributed by atoms with Gasteiger partial charge in [0, 0.05) is 20.3 Å². The first-order chi connectivity index (χ1) is 12.8. The zero-order valence-electron chi connectivity index (χ0n) is 15.5. The van der Waals surface area contributed by atoms with Crippen molar-refractivity contribution < 1.29 is 4.79 Å². The molecule has 0 aliphatic heterocycles. The Morgan fingerprint density at radius 1 is 1.07 bits per heavy atom. The second-order valence-electron chi connectivity index (χ2n) is 6.70. The van der Waals surface area contributed by atoms with Gasteiger partial charge in [-0.2, -0.15) is 4.98 Å². The molecule has 27 heavy (non-hydrogen) atoms. The number of hydrogen-bond acceptors (Lipinski definition) is 4. The van der Waals surface area contributed by atoms with Gasteiger partial charge in [0.15, 0.2) is 16.9 Å². The van der Waals surface area contributed by atoms with Gasteiger partial charge in [0.2, 0.25) is 5.78 Å².